The van der Waals surface area contributed by atoms with Crippen molar-refractivity contribution in [1.29, 1.82) is 0 Å². The molecule has 0 radical (unpaired) electrons. The molecule has 5 heteroatoms. The van der Waals surface area contributed by atoms with Crippen molar-refractivity contribution in [2.24, 2.45) is 0 Å². The molecule has 0 aliphatic carbocycles. The highest BCUT2D eigenvalue weighted by Gasteiger charge is 2.06. The summed E-state index contributed by atoms with van der Waals surface area (Å²) in [6, 6.07) is 9.47. The Hall–Kier alpha value is -0.610. The van der Waals surface area contributed by atoms with Crippen LogP contribution >= 0.6 is 35.0 Å². The van der Waals surface area contributed by atoms with Gasteiger partial charge in [0.1, 0.15) is 11.5 Å². The monoisotopic (exact) mass is 315 g/mol. The lowest BCUT2D eigenvalue weighted by atomic mass is 10.4. The zero-order valence-electron chi connectivity index (χ0n) is 10.6. The van der Waals surface area contributed by atoms with Gasteiger partial charge in [0.2, 0.25) is 0 Å². The fourth-order valence-electron chi connectivity index (χ4n) is 1.58. The molecule has 1 heterocycles. The summed E-state index contributed by atoms with van der Waals surface area (Å²) in [5.74, 6) is 2.63. The molecule has 0 unspecified atom stereocenters. The van der Waals surface area contributed by atoms with E-state index in [9.17, 15) is 0 Å². The number of nitrogens with one attached hydrogen (secondary N) is 1. The second-order valence-electron chi connectivity index (χ2n) is 4.01. The zero-order chi connectivity index (χ0) is 13.7. The van der Waals surface area contributed by atoms with Gasteiger partial charge in [0.05, 0.1) is 17.3 Å². The summed E-state index contributed by atoms with van der Waals surface area (Å²) < 4.78 is 5.72. The minimum absolute atomic E-state index is 0.694. The van der Waals surface area contributed by atoms with Crippen LogP contribution in [0.3, 0.4) is 0 Å². The topological polar surface area (TPSA) is 25.2 Å². The maximum atomic E-state index is 6.12. The Bertz CT molecular complexity index is 542. The smallest absolute Gasteiger partial charge is 0.117 e. The standard InChI is InChI=1S/C14H15Cl2NOS/c1-2-17-8-11-4-5-12(18-11)9-19-14-7-10(15)3-6-13(14)16/h3-7,17H,2,8-9H2,1H3. The van der Waals surface area contributed by atoms with Gasteiger partial charge in [-0.05, 0) is 36.9 Å². The van der Waals surface area contributed by atoms with Crippen LogP contribution in [0, 0.1) is 0 Å². The molecule has 2 nitrogen and oxygen atoms in total. The first-order valence-corrected chi connectivity index (χ1v) is 7.79. The highest BCUT2D eigenvalue weighted by atomic mass is 35.5. The first-order valence-electron chi connectivity index (χ1n) is 6.05. The van der Waals surface area contributed by atoms with Crippen LogP contribution < -0.4 is 5.32 Å². The van der Waals surface area contributed by atoms with E-state index in [0.717, 1.165) is 35.3 Å². The van der Waals surface area contributed by atoms with Crippen molar-refractivity contribution in [2.75, 3.05) is 6.54 Å². The minimum atomic E-state index is 0.694. The van der Waals surface area contributed by atoms with E-state index >= 15 is 0 Å². The van der Waals surface area contributed by atoms with Crippen LogP contribution in [0.4, 0.5) is 0 Å². The van der Waals surface area contributed by atoms with E-state index in [1.165, 1.54) is 0 Å². The molecule has 0 atom stereocenters. The van der Waals surface area contributed by atoms with Crippen molar-refractivity contribution in [3.8, 4) is 0 Å². The number of benzene rings is 1. The summed E-state index contributed by atoms with van der Waals surface area (Å²) in [5.41, 5.74) is 0. The predicted octanol–water partition coefficient (Wildman–Crippen LogP) is 4.99. The average Bonchev–Trinajstić information content (AvgIpc) is 2.85. The number of hydrogen-bond acceptors (Lipinski definition) is 3. The summed E-state index contributed by atoms with van der Waals surface area (Å²) in [7, 11) is 0. The fraction of sp³-hybridized carbons (Fsp3) is 0.286. The quantitative estimate of drug-likeness (QED) is 0.760. The molecule has 1 aromatic carbocycles. The Labute approximate surface area is 127 Å². The van der Waals surface area contributed by atoms with Gasteiger partial charge in [0.25, 0.3) is 0 Å². The summed E-state index contributed by atoms with van der Waals surface area (Å²) >= 11 is 13.7. The Kier molecular flexibility index (Phi) is 5.64. The number of hydrogen-bond donors (Lipinski definition) is 1. The fourth-order valence-corrected chi connectivity index (χ4v) is 2.97. The van der Waals surface area contributed by atoms with Crippen molar-refractivity contribution < 1.29 is 4.42 Å². The minimum Gasteiger partial charge on any atom is -0.464 e. The molecular weight excluding hydrogens is 301 g/mol. The Morgan fingerprint density at radius 2 is 1.95 bits per heavy atom. The second kappa shape index (κ2) is 7.25. The lowest BCUT2D eigenvalue weighted by molar-refractivity contribution is 0.463. The molecule has 2 aromatic rings. The third kappa shape index (κ3) is 4.46. The van der Waals surface area contributed by atoms with Crippen molar-refractivity contribution in [1.82, 2.24) is 5.32 Å². The first-order chi connectivity index (χ1) is 9.19. The number of furan rings is 1. The van der Waals surface area contributed by atoms with E-state index in [0.29, 0.717) is 10.0 Å². The molecular formula is C14H15Cl2NOS. The third-order valence-corrected chi connectivity index (χ3v) is 4.28. The van der Waals surface area contributed by atoms with Gasteiger partial charge in [-0.15, -0.1) is 11.8 Å². The molecule has 2 rings (SSSR count). The largest absolute Gasteiger partial charge is 0.464 e. The number of thioether (sulfide) groups is 1. The van der Waals surface area contributed by atoms with E-state index < -0.39 is 0 Å². The summed E-state index contributed by atoms with van der Waals surface area (Å²) in [6.07, 6.45) is 0. The van der Waals surface area contributed by atoms with Crippen molar-refractivity contribution in [3.05, 3.63) is 51.9 Å². The second-order valence-corrected chi connectivity index (χ2v) is 5.87. The molecule has 0 bridgehead atoms. The Morgan fingerprint density at radius 1 is 1.16 bits per heavy atom. The molecule has 1 aromatic heterocycles. The van der Waals surface area contributed by atoms with Crippen LogP contribution in [0.5, 0.6) is 0 Å². The van der Waals surface area contributed by atoms with E-state index in [-0.39, 0.29) is 0 Å². The Morgan fingerprint density at radius 3 is 2.74 bits per heavy atom. The van der Waals surface area contributed by atoms with Crippen LogP contribution in [0.2, 0.25) is 10.0 Å². The molecule has 0 spiro atoms. The molecule has 19 heavy (non-hydrogen) atoms. The van der Waals surface area contributed by atoms with Gasteiger partial charge in [0.15, 0.2) is 0 Å². The number of halogens is 2. The van der Waals surface area contributed by atoms with Crippen LogP contribution in [0.25, 0.3) is 0 Å². The van der Waals surface area contributed by atoms with Crippen LogP contribution in [-0.2, 0) is 12.3 Å². The Balaban J connectivity index is 1.94. The lowest BCUT2D eigenvalue weighted by Crippen LogP contribution is -2.10. The van der Waals surface area contributed by atoms with Gasteiger partial charge < -0.3 is 9.73 Å². The molecule has 0 aliphatic heterocycles. The molecule has 102 valence electrons. The van der Waals surface area contributed by atoms with Crippen molar-refractivity contribution >= 4 is 35.0 Å². The first kappa shape index (κ1) is 14.8. The molecule has 0 aliphatic rings. The van der Waals surface area contributed by atoms with E-state index in [2.05, 4.69) is 12.2 Å². The van der Waals surface area contributed by atoms with Crippen LogP contribution in [0.15, 0.2) is 39.6 Å². The SMILES string of the molecule is CCNCc1ccc(CSc2cc(Cl)ccc2Cl)o1. The summed E-state index contributed by atoms with van der Waals surface area (Å²) in [5, 5.41) is 4.64. The van der Waals surface area contributed by atoms with Gasteiger partial charge in [-0.25, -0.2) is 0 Å². The van der Waals surface area contributed by atoms with Crippen LogP contribution in [-0.4, -0.2) is 6.54 Å². The van der Waals surface area contributed by atoms with Crippen molar-refractivity contribution in [2.45, 2.75) is 24.1 Å². The van der Waals surface area contributed by atoms with E-state index in [1.54, 1.807) is 17.8 Å². The van der Waals surface area contributed by atoms with Gasteiger partial charge in [-0.3, -0.25) is 0 Å². The maximum Gasteiger partial charge on any atom is 0.117 e. The van der Waals surface area contributed by atoms with E-state index in [1.807, 2.05) is 24.3 Å². The lowest BCUT2D eigenvalue weighted by Gasteiger charge is -2.03. The number of rotatable bonds is 6. The molecule has 0 amide bonds. The van der Waals surface area contributed by atoms with Gasteiger partial charge in [-0.1, -0.05) is 30.1 Å². The predicted molar refractivity (Wildman–Crippen MR) is 82.1 cm³/mol. The van der Waals surface area contributed by atoms with Gasteiger partial charge in [-0.2, -0.15) is 0 Å². The molecule has 0 fully saturated rings. The normalized spacial score (nSPS) is 10.9. The molecule has 0 saturated heterocycles. The summed E-state index contributed by atoms with van der Waals surface area (Å²) in [4.78, 5) is 0.971. The third-order valence-electron chi connectivity index (χ3n) is 2.53. The van der Waals surface area contributed by atoms with E-state index in [4.69, 9.17) is 27.6 Å². The van der Waals surface area contributed by atoms with Crippen molar-refractivity contribution in [3.63, 3.8) is 0 Å². The highest BCUT2D eigenvalue weighted by molar-refractivity contribution is 7.98. The summed E-state index contributed by atoms with van der Waals surface area (Å²) in [6.45, 7) is 3.77. The highest BCUT2D eigenvalue weighted by Crippen LogP contribution is 2.32. The van der Waals surface area contributed by atoms with Gasteiger partial charge >= 0.3 is 0 Å². The van der Waals surface area contributed by atoms with Crippen LogP contribution in [0.1, 0.15) is 18.4 Å². The zero-order valence-corrected chi connectivity index (χ0v) is 12.9. The molecule has 1 N–H and O–H groups in total. The maximum absolute atomic E-state index is 6.12. The molecule has 0 saturated carbocycles. The van der Waals surface area contributed by atoms with Gasteiger partial charge in [0, 0.05) is 9.92 Å². The average molecular weight is 316 g/mol.